The Kier molecular flexibility index (Phi) is 5.92. The molecule has 2 N–H and O–H groups in total. The molecule has 0 unspecified atom stereocenters. The first-order valence-corrected chi connectivity index (χ1v) is 7.48. The normalized spacial score (nSPS) is 15.3. The fourth-order valence-electron chi connectivity index (χ4n) is 2.20. The Hall–Kier alpha value is -1.49. The molecule has 0 atom stereocenters. The minimum Gasteiger partial charge on any atom is -0.357 e. The highest BCUT2D eigenvalue weighted by Crippen LogP contribution is 2.14. The number of halogens is 1. The summed E-state index contributed by atoms with van der Waals surface area (Å²) >= 11 is 5.18. The van der Waals surface area contributed by atoms with E-state index in [2.05, 4.69) is 15.8 Å². The number of hydrogen-bond acceptors (Lipinski definition) is 2. The second-order valence-corrected chi connectivity index (χ2v) is 5.42. The number of hydrazone groups is 1. The standard InChI is InChI=1S/C15H20FN3S/c16-13-9-7-12(8-10-13)11-17-15(20)19-18-14-5-3-1-2-4-6-14/h7-10H,1-6,11H2,(H2,17,19,20). The van der Waals surface area contributed by atoms with Gasteiger partial charge >= 0.3 is 0 Å². The predicted molar refractivity (Wildman–Crippen MR) is 84.1 cm³/mol. The van der Waals surface area contributed by atoms with E-state index in [-0.39, 0.29) is 5.82 Å². The lowest BCUT2D eigenvalue weighted by Gasteiger charge is -2.08. The quantitative estimate of drug-likeness (QED) is 0.509. The van der Waals surface area contributed by atoms with Crippen molar-refractivity contribution in [3.05, 3.63) is 35.6 Å². The zero-order chi connectivity index (χ0) is 14.2. The summed E-state index contributed by atoms with van der Waals surface area (Å²) in [6.07, 6.45) is 7.16. The van der Waals surface area contributed by atoms with Gasteiger partial charge in [0.15, 0.2) is 5.11 Å². The van der Waals surface area contributed by atoms with Crippen LogP contribution in [0.15, 0.2) is 29.4 Å². The third kappa shape index (κ3) is 5.25. The van der Waals surface area contributed by atoms with Gasteiger partial charge in [-0.2, -0.15) is 5.10 Å². The molecule has 0 radical (unpaired) electrons. The molecular formula is C15H20FN3S. The van der Waals surface area contributed by atoms with Crippen LogP contribution in [0.2, 0.25) is 0 Å². The summed E-state index contributed by atoms with van der Waals surface area (Å²) < 4.78 is 12.8. The van der Waals surface area contributed by atoms with Crippen LogP contribution in [0.25, 0.3) is 0 Å². The molecule has 1 fully saturated rings. The zero-order valence-electron chi connectivity index (χ0n) is 11.5. The Labute approximate surface area is 124 Å². The van der Waals surface area contributed by atoms with Crippen LogP contribution in [-0.2, 0) is 6.54 Å². The minimum absolute atomic E-state index is 0.228. The highest BCUT2D eigenvalue weighted by molar-refractivity contribution is 7.80. The van der Waals surface area contributed by atoms with Crippen molar-refractivity contribution in [3.63, 3.8) is 0 Å². The van der Waals surface area contributed by atoms with E-state index >= 15 is 0 Å². The van der Waals surface area contributed by atoms with E-state index in [1.54, 1.807) is 12.1 Å². The molecule has 3 nitrogen and oxygen atoms in total. The van der Waals surface area contributed by atoms with Crippen molar-refractivity contribution in [2.75, 3.05) is 0 Å². The Morgan fingerprint density at radius 3 is 2.40 bits per heavy atom. The van der Waals surface area contributed by atoms with E-state index in [0.717, 1.165) is 18.4 Å². The van der Waals surface area contributed by atoms with Crippen LogP contribution < -0.4 is 10.7 Å². The van der Waals surface area contributed by atoms with E-state index < -0.39 is 0 Å². The molecule has 0 amide bonds. The summed E-state index contributed by atoms with van der Waals surface area (Å²) in [5.74, 6) is -0.228. The summed E-state index contributed by atoms with van der Waals surface area (Å²) in [5, 5.41) is 7.94. The second-order valence-electron chi connectivity index (χ2n) is 5.01. The number of benzene rings is 1. The highest BCUT2D eigenvalue weighted by atomic mass is 32.1. The van der Waals surface area contributed by atoms with E-state index in [9.17, 15) is 4.39 Å². The van der Waals surface area contributed by atoms with Gasteiger partial charge in [-0.15, -0.1) is 0 Å². The predicted octanol–water partition coefficient (Wildman–Crippen LogP) is 3.50. The van der Waals surface area contributed by atoms with Gasteiger partial charge in [0, 0.05) is 12.3 Å². The van der Waals surface area contributed by atoms with Crippen LogP contribution >= 0.6 is 12.2 Å². The number of nitrogens with zero attached hydrogens (tertiary/aromatic N) is 1. The second kappa shape index (κ2) is 7.94. The molecule has 1 aromatic carbocycles. The van der Waals surface area contributed by atoms with Gasteiger partial charge in [-0.25, -0.2) is 4.39 Å². The molecule has 0 aliphatic heterocycles. The molecule has 2 rings (SSSR count). The third-order valence-corrected chi connectivity index (χ3v) is 3.60. The summed E-state index contributed by atoms with van der Waals surface area (Å²) in [5.41, 5.74) is 5.08. The lowest BCUT2D eigenvalue weighted by atomic mass is 10.2. The molecule has 0 bridgehead atoms. The molecule has 1 aliphatic carbocycles. The number of thiocarbonyl (C=S) groups is 1. The number of hydrogen-bond donors (Lipinski definition) is 2. The average Bonchev–Trinajstić information content (AvgIpc) is 2.73. The Balaban J connectivity index is 1.74. The SMILES string of the molecule is Fc1ccc(CNC(=S)NN=C2CCCCCC2)cc1. The molecule has 0 spiro atoms. The van der Waals surface area contributed by atoms with E-state index in [1.807, 2.05) is 0 Å². The van der Waals surface area contributed by atoms with E-state index in [1.165, 1.54) is 43.5 Å². The van der Waals surface area contributed by atoms with Crippen molar-refractivity contribution in [1.82, 2.24) is 10.7 Å². The smallest absolute Gasteiger partial charge is 0.187 e. The number of rotatable bonds is 3. The summed E-state index contributed by atoms with van der Waals surface area (Å²) in [4.78, 5) is 0. The third-order valence-electron chi connectivity index (χ3n) is 3.36. The Morgan fingerprint density at radius 2 is 1.75 bits per heavy atom. The average molecular weight is 293 g/mol. The zero-order valence-corrected chi connectivity index (χ0v) is 12.3. The van der Waals surface area contributed by atoms with Crippen molar-refractivity contribution in [1.29, 1.82) is 0 Å². The maximum Gasteiger partial charge on any atom is 0.187 e. The van der Waals surface area contributed by atoms with Gasteiger partial charge in [-0.3, -0.25) is 5.43 Å². The number of nitrogens with one attached hydrogen (secondary N) is 2. The summed E-state index contributed by atoms with van der Waals surface area (Å²) in [6.45, 7) is 0.566. The van der Waals surface area contributed by atoms with Gasteiger partial charge in [-0.1, -0.05) is 25.0 Å². The van der Waals surface area contributed by atoms with E-state index in [0.29, 0.717) is 11.7 Å². The molecule has 108 valence electrons. The first-order chi connectivity index (χ1) is 9.74. The maximum absolute atomic E-state index is 12.8. The van der Waals surface area contributed by atoms with Crippen LogP contribution in [0.3, 0.4) is 0 Å². The van der Waals surface area contributed by atoms with Crippen molar-refractivity contribution in [2.24, 2.45) is 5.10 Å². The van der Waals surface area contributed by atoms with Gasteiger partial charge in [0.2, 0.25) is 0 Å². The molecule has 1 saturated carbocycles. The van der Waals surface area contributed by atoms with E-state index in [4.69, 9.17) is 12.2 Å². The van der Waals surface area contributed by atoms with Crippen LogP contribution in [0.5, 0.6) is 0 Å². The van der Waals surface area contributed by atoms with Gasteiger partial charge < -0.3 is 5.32 Å². The molecule has 0 aromatic heterocycles. The van der Waals surface area contributed by atoms with Crippen molar-refractivity contribution in [3.8, 4) is 0 Å². The van der Waals surface area contributed by atoms with Crippen LogP contribution in [0.1, 0.15) is 44.1 Å². The van der Waals surface area contributed by atoms with Crippen LogP contribution in [0, 0.1) is 5.82 Å². The van der Waals surface area contributed by atoms with Gasteiger partial charge in [-0.05, 0) is 55.6 Å². The Bertz CT molecular complexity index is 461. The summed E-state index contributed by atoms with van der Waals surface area (Å²) in [6, 6.07) is 6.36. The monoisotopic (exact) mass is 293 g/mol. The van der Waals surface area contributed by atoms with Crippen molar-refractivity contribution in [2.45, 2.75) is 45.1 Å². The molecule has 0 saturated heterocycles. The first-order valence-electron chi connectivity index (χ1n) is 7.08. The topological polar surface area (TPSA) is 36.4 Å². The molecule has 0 heterocycles. The van der Waals surface area contributed by atoms with Crippen LogP contribution in [-0.4, -0.2) is 10.8 Å². The van der Waals surface area contributed by atoms with Crippen molar-refractivity contribution < 1.29 is 4.39 Å². The van der Waals surface area contributed by atoms with Gasteiger partial charge in [0.25, 0.3) is 0 Å². The van der Waals surface area contributed by atoms with Gasteiger partial charge in [0.05, 0.1) is 0 Å². The fourth-order valence-corrected chi connectivity index (χ4v) is 2.32. The Morgan fingerprint density at radius 1 is 1.10 bits per heavy atom. The summed E-state index contributed by atoms with van der Waals surface area (Å²) in [7, 11) is 0. The molecular weight excluding hydrogens is 273 g/mol. The first kappa shape index (κ1) is 14.9. The highest BCUT2D eigenvalue weighted by Gasteiger charge is 2.05. The minimum atomic E-state index is -0.228. The van der Waals surface area contributed by atoms with Crippen LogP contribution in [0.4, 0.5) is 4.39 Å². The fraction of sp³-hybridized carbons (Fsp3) is 0.467. The molecule has 1 aromatic rings. The lowest BCUT2D eigenvalue weighted by molar-refractivity contribution is 0.626. The molecule has 20 heavy (non-hydrogen) atoms. The maximum atomic E-state index is 12.8. The molecule has 1 aliphatic rings. The lowest BCUT2D eigenvalue weighted by Crippen LogP contribution is -2.32. The van der Waals surface area contributed by atoms with Crippen molar-refractivity contribution >= 4 is 23.0 Å². The largest absolute Gasteiger partial charge is 0.357 e. The molecule has 5 heteroatoms. The van der Waals surface area contributed by atoms with Gasteiger partial charge in [0.1, 0.15) is 5.82 Å².